The van der Waals surface area contributed by atoms with Gasteiger partial charge in [-0.25, -0.2) is 14.4 Å². The highest BCUT2D eigenvalue weighted by molar-refractivity contribution is 7.10. The van der Waals surface area contributed by atoms with Gasteiger partial charge in [-0.1, -0.05) is 79.4 Å². The van der Waals surface area contributed by atoms with Crippen LogP contribution in [-0.4, -0.2) is 163 Å². The molecular formula is C63H74ClFN10O8S. The monoisotopic (exact) mass is 1180 g/mol. The van der Waals surface area contributed by atoms with Crippen LogP contribution < -0.4 is 25.6 Å². The third-order valence-electron chi connectivity index (χ3n) is 16.5. The van der Waals surface area contributed by atoms with Crippen LogP contribution in [0.15, 0.2) is 84.2 Å². The average molecular weight is 1190 g/mol. The van der Waals surface area contributed by atoms with Crippen molar-refractivity contribution in [2.24, 2.45) is 5.92 Å². The Bertz CT molecular complexity index is 3500. The van der Waals surface area contributed by atoms with E-state index >= 15 is 4.39 Å². The average Bonchev–Trinajstić information content (AvgIpc) is 2.78. The molecule has 2 aromatic heterocycles. The molecule has 3 aliphatic rings. The Labute approximate surface area is 498 Å². The van der Waals surface area contributed by atoms with E-state index in [0.717, 1.165) is 83.1 Å². The van der Waals surface area contributed by atoms with Crippen molar-refractivity contribution in [3.63, 3.8) is 0 Å². The number of rotatable bonds is 23. The third kappa shape index (κ3) is 13.6. The normalized spacial score (nSPS) is 16.5. The molecule has 4 heterocycles. The predicted molar refractivity (Wildman–Crippen MR) is 327 cm³/mol. The van der Waals surface area contributed by atoms with Crippen molar-refractivity contribution in [1.82, 2.24) is 40.3 Å². The van der Waals surface area contributed by atoms with Gasteiger partial charge in [-0.05, 0) is 97.6 Å². The minimum Gasteiger partial charge on any atom is -0.508 e. The van der Waals surface area contributed by atoms with Gasteiger partial charge in [-0.3, -0.25) is 19.2 Å². The summed E-state index contributed by atoms with van der Waals surface area (Å²) in [5.41, 5.74) is 2.35. The second-order valence-electron chi connectivity index (χ2n) is 21.9. The molecule has 3 atom stereocenters. The van der Waals surface area contributed by atoms with Crippen LogP contribution in [-0.2, 0) is 28.7 Å². The second-order valence-corrected chi connectivity index (χ2v) is 23.2. The molecule has 2 aliphatic heterocycles. The van der Waals surface area contributed by atoms with Crippen molar-refractivity contribution in [2.45, 2.75) is 83.3 Å². The number of nitrogens with one attached hydrogen (secondary N) is 3. The summed E-state index contributed by atoms with van der Waals surface area (Å²) in [6.45, 7) is 7.97. The number of amides is 4. The van der Waals surface area contributed by atoms with Crippen LogP contribution in [0, 0.1) is 11.7 Å². The molecule has 0 radical (unpaired) electrons. The number of likely N-dealkylation sites (tertiary alicyclic amines) is 1. The van der Waals surface area contributed by atoms with E-state index in [9.17, 15) is 24.3 Å². The number of ether oxygens (including phenoxy) is 3. The molecule has 10 rings (SSSR count). The molecule has 4 N–H and O–H groups in total. The predicted octanol–water partition coefficient (Wildman–Crippen LogP) is 9.60. The topological polar surface area (TPSA) is 204 Å². The highest BCUT2D eigenvalue weighted by Gasteiger charge is 2.40. The molecule has 5 aromatic carbocycles. The van der Waals surface area contributed by atoms with Crippen molar-refractivity contribution < 1.29 is 42.9 Å². The van der Waals surface area contributed by atoms with E-state index in [0.29, 0.717) is 94.5 Å². The molecule has 18 nitrogen and oxygen atoms in total. The third-order valence-corrected chi connectivity index (χ3v) is 17.7. The molecular weight excluding hydrogens is 1110 g/mol. The molecule has 444 valence electrons. The maximum atomic E-state index is 17.0. The van der Waals surface area contributed by atoms with E-state index in [1.54, 1.807) is 47.4 Å². The zero-order valence-electron chi connectivity index (χ0n) is 48.1. The molecule has 3 fully saturated rings. The lowest BCUT2D eigenvalue weighted by Crippen LogP contribution is -2.55. The number of fused-ring (bicyclic) bond motifs is 3. The van der Waals surface area contributed by atoms with Crippen LogP contribution >= 0.6 is 22.9 Å². The number of piperazine rings is 1. The van der Waals surface area contributed by atoms with Gasteiger partial charge in [-0.15, -0.1) is 11.3 Å². The number of aromatic hydroxyl groups is 1. The van der Waals surface area contributed by atoms with Crippen LogP contribution in [0.4, 0.5) is 16.2 Å². The standard InChI is InChI=1S/C63H74ClFN10O8S/c1-39(66-3)60(79)69-57(41-13-6-5-7-14-41)62(80)75-24-12-19-52(75)61-68-51(38-84-61)46-20-21-53(47-18-11-10-17-45(46)47)83-34-33-82-32-31-81-30-29-72(4)54(78)22-23-67-63-70-58-49(59(71-63)74-27-25-73(26-28-74)40(2)76)37-50(64)55(56(58)65)48-36-43(77)35-42-15-8-9-16-44(42)48/h8-11,15-18,20-21,35-39,41,52,57,66,77H,5-7,12-14,19,22-34H2,1-4H3,(H,69,79)(H,67,70,71)/t39-,52-,57-/m0/s1. The van der Waals surface area contributed by atoms with E-state index in [-0.39, 0.29) is 76.4 Å². The first kappa shape index (κ1) is 59.9. The van der Waals surface area contributed by atoms with Gasteiger partial charge in [0.15, 0.2) is 5.82 Å². The number of phenols is 1. The Balaban J connectivity index is 0.687. The van der Waals surface area contributed by atoms with Crippen LogP contribution in [0.1, 0.15) is 76.3 Å². The van der Waals surface area contributed by atoms with Crippen molar-refractivity contribution in [2.75, 3.05) is 103 Å². The lowest BCUT2D eigenvalue weighted by molar-refractivity contribution is -0.139. The fraction of sp³-hybridized carbons (Fsp3) is 0.444. The Morgan fingerprint density at radius 2 is 1.55 bits per heavy atom. The Morgan fingerprint density at radius 1 is 0.821 bits per heavy atom. The summed E-state index contributed by atoms with van der Waals surface area (Å²) in [5, 5.41) is 26.8. The maximum absolute atomic E-state index is 17.0. The SMILES string of the molecule is CN[C@@H](C)C(=O)N[C@H](C(=O)N1CCC[C@H]1c1nc(-c2ccc(OCCOCCOCCN(C)C(=O)CCNc3nc(N4CCN(C(C)=O)CC4)c4cc(Cl)c(-c5cc(O)cc6ccccc56)c(F)c4n3)c3ccccc23)cs1)C1CCCCC1. The quantitative estimate of drug-likeness (QED) is 0.0441. The summed E-state index contributed by atoms with van der Waals surface area (Å²) in [6, 6.07) is 23.1. The maximum Gasteiger partial charge on any atom is 0.246 e. The number of carbonyl (C=O) groups excluding carboxylic acids is 4. The van der Waals surface area contributed by atoms with Crippen molar-refractivity contribution >= 4 is 90.8 Å². The number of thiazole rings is 1. The van der Waals surface area contributed by atoms with E-state index in [1.807, 2.05) is 71.3 Å². The second kappa shape index (κ2) is 27.7. The van der Waals surface area contributed by atoms with Crippen LogP contribution in [0.25, 0.3) is 54.8 Å². The van der Waals surface area contributed by atoms with Crippen molar-refractivity contribution in [3.05, 3.63) is 100 Å². The first-order valence-electron chi connectivity index (χ1n) is 29.2. The molecule has 1 aliphatic carbocycles. The molecule has 84 heavy (non-hydrogen) atoms. The van der Waals surface area contributed by atoms with Gasteiger partial charge in [0.2, 0.25) is 29.6 Å². The van der Waals surface area contributed by atoms with Gasteiger partial charge in [0.25, 0.3) is 0 Å². The van der Waals surface area contributed by atoms with Gasteiger partial charge in [0, 0.05) is 93.5 Å². The summed E-state index contributed by atoms with van der Waals surface area (Å²) < 4.78 is 34.9. The Kier molecular flexibility index (Phi) is 19.7. The first-order chi connectivity index (χ1) is 40.8. The fourth-order valence-electron chi connectivity index (χ4n) is 11.7. The van der Waals surface area contributed by atoms with Crippen molar-refractivity contribution in [3.8, 4) is 33.9 Å². The van der Waals surface area contributed by atoms with Gasteiger partial charge >= 0.3 is 0 Å². The summed E-state index contributed by atoms with van der Waals surface area (Å²) in [6.07, 6.45) is 6.96. The first-order valence-corrected chi connectivity index (χ1v) is 30.5. The van der Waals surface area contributed by atoms with Crippen molar-refractivity contribution in [1.29, 1.82) is 0 Å². The van der Waals surface area contributed by atoms with Gasteiger partial charge in [0.1, 0.15) is 40.5 Å². The summed E-state index contributed by atoms with van der Waals surface area (Å²) in [5.74, 6) is 0.388. The van der Waals surface area contributed by atoms with Gasteiger partial charge in [0.05, 0.1) is 49.2 Å². The summed E-state index contributed by atoms with van der Waals surface area (Å²) >= 11 is 8.47. The molecule has 0 unspecified atom stereocenters. The molecule has 21 heteroatoms. The van der Waals surface area contributed by atoms with E-state index in [4.69, 9.17) is 35.8 Å². The molecule has 7 aromatic rings. The zero-order valence-corrected chi connectivity index (χ0v) is 49.7. The summed E-state index contributed by atoms with van der Waals surface area (Å²) in [7, 11) is 3.46. The number of benzene rings is 5. The van der Waals surface area contributed by atoms with E-state index in [2.05, 4.69) is 32.4 Å². The van der Waals surface area contributed by atoms with E-state index < -0.39 is 17.9 Å². The number of likely N-dealkylation sites (N-methyl/N-ethyl adjacent to an activating group) is 2. The number of halogens is 2. The number of anilines is 2. The van der Waals surface area contributed by atoms with E-state index in [1.165, 1.54) is 13.0 Å². The smallest absolute Gasteiger partial charge is 0.246 e. The molecule has 0 spiro atoms. The largest absolute Gasteiger partial charge is 0.508 e. The number of phenolic OH excluding ortho intramolecular Hbond substituents is 1. The summed E-state index contributed by atoms with van der Waals surface area (Å²) in [4.78, 5) is 74.8. The lowest BCUT2D eigenvalue weighted by Gasteiger charge is -2.35. The Hall–Kier alpha value is -7.23. The van der Waals surface area contributed by atoms with Gasteiger partial charge < -0.3 is 54.9 Å². The number of hydrogen-bond acceptors (Lipinski definition) is 15. The Morgan fingerprint density at radius 3 is 2.31 bits per heavy atom. The highest BCUT2D eigenvalue weighted by atomic mass is 35.5. The van der Waals surface area contributed by atoms with Crippen LogP contribution in [0.5, 0.6) is 11.5 Å². The molecule has 4 amide bonds. The number of carbonyl (C=O) groups is 4. The molecule has 1 saturated carbocycles. The highest BCUT2D eigenvalue weighted by Crippen LogP contribution is 2.44. The number of nitrogens with zero attached hydrogens (tertiary/aromatic N) is 7. The zero-order chi connectivity index (χ0) is 58.9. The minimum absolute atomic E-state index is 0.00358. The van der Waals surface area contributed by atoms with Crippen LogP contribution in [0.3, 0.4) is 0 Å². The fourth-order valence-corrected chi connectivity index (χ4v) is 13.0. The number of aromatic nitrogens is 3. The number of hydrogen-bond donors (Lipinski definition) is 4. The molecule has 0 bridgehead atoms. The molecule has 2 saturated heterocycles. The minimum atomic E-state index is -0.678. The van der Waals surface area contributed by atoms with Crippen LogP contribution in [0.2, 0.25) is 5.02 Å². The lowest BCUT2D eigenvalue weighted by atomic mass is 9.83. The van der Waals surface area contributed by atoms with Gasteiger partial charge in [-0.2, -0.15) is 4.98 Å².